The lowest BCUT2D eigenvalue weighted by Crippen LogP contribution is -1.85. The summed E-state index contributed by atoms with van der Waals surface area (Å²) in [6.07, 6.45) is 2.35. The SMILES string of the molecule is [CH2-]CC(C)CC. The Balaban J connectivity index is 2.75. The first-order chi connectivity index (χ1) is 2.81. The molecule has 0 rings (SSSR count). The lowest BCUT2D eigenvalue weighted by Gasteiger charge is -2.04. The van der Waals surface area contributed by atoms with Gasteiger partial charge in [0, 0.05) is 0 Å². The predicted octanol–water partition coefficient (Wildman–Crippen LogP) is 2.26. The van der Waals surface area contributed by atoms with Crippen LogP contribution in [0.25, 0.3) is 0 Å². The highest BCUT2D eigenvalue weighted by Gasteiger charge is 1.84. The lowest BCUT2D eigenvalue weighted by atomic mass is 10.1. The van der Waals surface area contributed by atoms with Crippen LogP contribution in [0.1, 0.15) is 26.7 Å². The van der Waals surface area contributed by atoms with Crippen molar-refractivity contribution in [3.05, 3.63) is 6.92 Å². The van der Waals surface area contributed by atoms with E-state index < -0.39 is 0 Å². The van der Waals surface area contributed by atoms with Gasteiger partial charge in [0.25, 0.3) is 0 Å². The number of hydrogen-bond acceptors (Lipinski definition) is 0. The molecule has 0 bridgehead atoms. The Morgan fingerprint density at radius 2 is 2.17 bits per heavy atom. The van der Waals surface area contributed by atoms with Crippen LogP contribution in [-0.4, -0.2) is 0 Å². The van der Waals surface area contributed by atoms with E-state index >= 15 is 0 Å². The molecule has 0 fully saturated rings. The fourth-order valence-electron chi connectivity index (χ4n) is 0.204. The number of hydrogen-bond donors (Lipinski definition) is 0. The minimum Gasteiger partial charge on any atom is -0.343 e. The Morgan fingerprint density at radius 3 is 2.17 bits per heavy atom. The Labute approximate surface area is 40.6 Å². The molecule has 0 aliphatic carbocycles. The van der Waals surface area contributed by atoms with Crippen LogP contribution < -0.4 is 0 Å². The van der Waals surface area contributed by atoms with Crippen LogP contribution in [0.4, 0.5) is 0 Å². The standard InChI is InChI=1S/C6H13/c1-4-6(3)5-2/h6H,1,4-5H2,2-3H3/q-1. The van der Waals surface area contributed by atoms with E-state index in [2.05, 4.69) is 20.8 Å². The molecule has 0 spiro atoms. The third-order valence-electron chi connectivity index (χ3n) is 1.19. The van der Waals surface area contributed by atoms with Crippen molar-refractivity contribution in [1.82, 2.24) is 0 Å². The molecule has 0 saturated carbocycles. The van der Waals surface area contributed by atoms with Crippen molar-refractivity contribution in [3.63, 3.8) is 0 Å². The van der Waals surface area contributed by atoms with Crippen LogP contribution in [0.5, 0.6) is 0 Å². The van der Waals surface area contributed by atoms with Gasteiger partial charge in [-0.2, -0.15) is 6.42 Å². The topological polar surface area (TPSA) is 0 Å². The molecular formula is C6H13-. The summed E-state index contributed by atoms with van der Waals surface area (Å²) in [4.78, 5) is 0. The van der Waals surface area contributed by atoms with E-state index in [4.69, 9.17) is 0 Å². The maximum Gasteiger partial charge on any atom is -0.0560 e. The van der Waals surface area contributed by atoms with Gasteiger partial charge in [-0.15, -0.1) is 0 Å². The van der Waals surface area contributed by atoms with Crippen LogP contribution in [0.2, 0.25) is 0 Å². The van der Waals surface area contributed by atoms with Crippen molar-refractivity contribution in [2.75, 3.05) is 0 Å². The normalized spacial score (nSPS) is 14.5. The van der Waals surface area contributed by atoms with Gasteiger partial charge < -0.3 is 6.92 Å². The van der Waals surface area contributed by atoms with E-state index in [1.807, 2.05) is 0 Å². The first kappa shape index (κ1) is 6.00. The van der Waals surface area contributed by atoms with E-state index in [0.717, 1.165) is 12.3 Å². The molecule has 1 unspecified atom stereocenters. The van der Waals surface area contributed by atoms with Gasteiger partial charge in [-0.1, -0.05) is 26.2 Å². The molecule has 0 aliphatic heterocycles. The second-order valence-corrected chi connectivity index (χ2v) is 1.80. The molecular weight excluding hydrogens is 72.1 g/mol. The molecule has 1 atom stereocenters. The van der Waals surface area contributed by atoms with Crippen molar-refractivity contribution < 1.29 is 0 Å². The molecule has 38 valence electrons. The van der Waals surface area contributed by atoms with Crippen LogP contribution >= 0.6 is 0 Å². The van der Waals surface area contributed by atoms with Gasteiger partial charge in [0.15, 0.2) is 0 Å². The van der Waals surface area contributed by atoms with Gasteiger partial charge in [-0.05, 0) is 0 Å². The maximum absolute atomic E-state index is 3.76. The Morgan fingerprint density at radius 1 is 1.67 bits per heavy atom. The van der Waals surface area contributed by atoms with Crippen molar-refractivity contribution >= 4 is 0 Å². The highest BCUT2D eigenvalue weighted by Crippen LogP contribution is 2.02. The van der Waals surface area contributed by atoms with Crippen LogP contribution in [0.15, 0.2) is 0 Å². The first-order valence-electron chi connectivity index (χ1n) is 2.60. The first-order valence-corrected chi connectivity index (χ1v) is 2.60. The summed E-state index contributed by atoms with van der Waals surface area (Å²) < 4.78 is 0. The van der Waals surface area contributed by atoms with E-state index in [1.165, 1.54) is 6.42 Å². The lowest BCUT2D eigenvalue weighted by molar-refractivity contribution is 0.570. The zero-order valence-electron chi connectivity index (χ0n) is 4.70. The summed E-state index contributed by atoms with van der Waals surface area (Å²) in [7, 11) is 0. The predicted molar refractivity (Wildman–Crippen MR) is 29.4 cm³/mol. The fourth-order valence-corrected chi connectivity index (χ4v) is 0.204. The van der Waals surface area contributed by atoms with Gasteiger partial charge in [0.05, 0.1) is 0 Å². The maximum atomic E-state index is 3.76. The minimum absolute atomic E-state index is 0.824. The second-order valence-electron chi connectivity index (χ2n) is 1.80. The van der Waals surface area contributed by atoms with Crippen LogP contribution in [-0.2, 0) is 0 Å². The van der Waals surface area contributed by atoms with Crippen LogP contribution in [0.3, 0.4) is 0 Å². The zero-order valence-corrected chi connectivity index (χ0v) is 4.70. The van der Waals surface area contributed by atoms with Gasteiger partial charge in [-0.3, -0.25) is 0 Å². The highest BCUT2D eigenvalue weighted by atomic mass is 13.9. The molecule has 0 N–H and O–H groups in total. The van der Waals surface area contributed by atoms with E-state index in [0.29, 0.717) is 0 Å². The Bertz CT molecular complexity index is 19.2. The molecule has 0 heterocycles. The van der Waals surface area contributed by atoms with Crippen LogP contribution in [0, 0.1) is 12.8 Å². The van der Waals surface area contributed by atoms with Gasteiger partial charge in [0.2, 0.25) is 0 Å². The summed E-state index contributed by atoms with van der Waals surface area (Å²) in [5.74, 6) is 0.824. The fraction of sp³-hybridized carbons (Fsp3) is 0.833. The van der Waals surface area contributed by atoms with Crippen molar-refractivity contribution in [3.8, 4) is 0 Å². The monoisotopic (exact) mass is 85.1 g/mol. The zero-order chi connectivity index (χ0) is 4.99. The summed E-state index contributed by atoms with van der Waals surface area (Å²) >= 11 is 0. The minimum atomic E-state index is 0.824. The van der Waals surface area contributed by atoms with Gasteiger partial charge in [-0.25, -0.2) is 0 Å². The Hall–Kier alpha value is 0. The van der Waals surface area contributed by atoms with Crippen molar-refractivity contribution in [2.24, 2.45) is 5.92 Å². The summed E-state index contributed by atoms with van der Waals surface area (Å²) in [5, 5.41) is 0. The number of rotatable bonds is 2. The van der Waals surface area contributed by atoms with E-state index in [9.17, 15) is 0 Å². The molecule has 0 aromatic heterocycles. The molecule has 0 aromatic carbocycles. The molecule has 0 aromatic rings. The largest absolute Gasteiger partial charge is 0.343 e. The summed E-state index contributed by atoms with van der Waals surface area (Å²) in [6.45, 7) is 8.16. The van der Waals surface area contributed by atoms with E-state index in [1.54, 1.807) is 0 Å². The second kappa shape index (κ2) is 3.20. The third kappa shape index (κ3) is 2.25. The molecule has 0 amide bonds. The molecule has 6 heavy (non-hydrogen) atoms. The smallest absolute Gasteiger partial charge is 0.0560 e. The van der Waals surface area contributed by atoms with Gasteiger partial charge >= 0.3 is 0 Å². The molecule has 0 nitrogen and oxygen atoms in total. The quantitative estimate of drug-likeness (QED) is 0.451. The molecule has 0 heteroatoms. The Kier molecular flexibility index (Phi) is 3.20. The summed E-state index contributed by atoms with van der Waals surface area (Å²) in [5.41, 5.74) is 0. The van der Waals surface area contributed by atoms with Gasteiger partial charge in [0.1, 0.15) is 0 Å². The van der Waals surface area contributed by atoms with E-state index in [-0.39, 0.29) is 0 Å². The molecule has 0 radical (unpaired) electrons. The third-order valence-corrected chi connectivity index (χ3v) is 1.19. The highest BCUT2D eigenvalue weighted by molar-refractivity contribution is 4.48. The summed E-state index contributed by atoms with van der Waals surface area (Å²) in [6, 6.07) is 0. The molecule has 0 aliphatic rings. The van der Waals surface area contributed by atoms with Crippen molar-refractivity contribution in [1.29, 1.82) is 0 Å². The van der Waals surface area contributed by atoms with Crippen molar-refractivity contribution in [2.45, 2.75) is 26.7 Å². The average Bonchev–Trinajstić information content (AvgIpc) is 1.65. The molecule has 0 saturated heterocycles. The average molecular weight is 85.2 g/mol.